The molecule has 0 bridgehead atoms. The SMILES string of the molecule is CCc1cc(Nc2ncc(Cl)c(Nc3ccc4nccnc4c3NS(C)(=O)=O)n2)c(OC)cc1N1CCC(N(CC)CCOc2cccc3c2CN(C2CCC(=O)NC2=O)C3=O)CC1. The van der Waals surface area contributed by atoms with Crippen molar-refractivity contribution in [3.05, 3.63) is 82.8 Å². The number of fused-ring (bicyclic) bond motifs is 2. The van der Waals surface area contributed by atoms with Crippen LogP contribution in [0, 0.1) is 0 Å². The number of hydrogen-bond acceptors (Lipinski definition) is 15. The lowest BCUT2D eigenvalue weighted by Crippen LogP contribution is -2.52. The molecule has 0 saturated carbocycles. The molecule has 3 aliphatic rings. The second-order valence-corrected chi connectivity index (χ2v) is 18.0. The van der Waals surface area contributed by atoms with Gasteiger partial charge in [-0.2, -0.15) is 4.98 Å². The minimum atomic E-state index is -3.68. The van der Waals surface area contributed by atoms with Gasteiger partial charge in [-0.05, 0) is 68.1 Å². The number of piperidine rings is 2. The van der Waals surface area contributed by atoms with Crippen molar-refractivity contribution in [3.63, 3.8) is 0 Å². The van der Waals surface area contributed by atoms with Crippen LogP contribution in [0.1, 0.15) is 61.0 Å². The van der Waals surface area contributed by atoms with E-state index in [0.717, 1.165) is 62.0 Å². The van der Waals surface area contributed by atoms with E-state index in [9.17, 15) is 22.8 Å². The average molecular weight is 912 g/mol. The highest BCUT2D eigenvalue weighted by Crippen LogP contribution is 2.39. The summed E-state index contributed by atoms with van der Waals surface area (Å²) in [6, 6.07) is 12.6. The predicted molar refractivity (Wildman–Crippen MR) is 244 cm³/mol. The van der Waals surface area contributed by atoms with E-state index in [2.05, 4.69) is 70.3 Å². The number of amides is 3. The fourth-order valence-corrected chi connectivity index (χ4v) is 9.40. The Balaban J connectivity index is 0.905. The average Bonchev–Trinajstić information content (AvgIpc) is 3.62. The zero-order valence-electron chi connectivity index (χ0n) is 36.0. The fourth-order valence-electron chi connectivity index (χ4n) is 8.69. The van der Waals surface area contributed by atoms with Crippen molar-refractivity contribution in [1.82, 2.24) is 35.1 Å². The molecule has 4 N–H and O–H groups in total. The maximum atomic E-state index is 13.3. The lowest BCUT2D eigenvalue weighted by Gasteiger charge is -2.40. The molecule has 64 heavy (non-hydrogen) atoms. The number of hydrogen-bond donors (Lipinski definition) is 4. The molecule has 5 aromatic rings. The number of rotatable bonds is 16. The Morgan fingerprint density at radius 2 is 1.77 bits per heavy atom. The van der Waals surface area contributed by atoms with Crippen molar-refractivity contribution >= 4 is 84.9 Å². The number of carbonyl (C=O) groups excluding carboxylic acids is 3. The zero-order valence-corrected chi connectivity index (χ0v) is 37.6. The van der Waals surface area contributed by atoms with Gasteiger partial charge in [0, 0.05) is 67.4 Å². The van der Waals surface area contributed by atoms with Crippen molar-refractivity contribution in [2.24, 2.45) is 0 Å². The molecule has 0 aliphatic carbocycles. The molecule has 336 valence electrons. The number of aromatic nitrogens is 4. The minimum Gasteiger partial charge on any atom is -0.494 e. The molecule has 0 radical (unpaired) electrons. The maximum absolute atomic E-state index is 13.3. The standard InChI is InChI=1S/C44H50ClN11O7S/c1-5-26-22-33(50-44-48-24-30(45)41(52-44)49-32-11-10-31-39(47-17-16-46-31)40(32)53-64(4,60)61)37(62-3)23-35(26)55-18-14-27(15-19-55)54(6-2)20-21-63-36-9-7-8-28-29(36)25-56(43(28)59)34-12-13-38(57)51-42(34)58/h7-11,16-17,22-24,27,34,53H,5-6,12-15,18-21,25H2,1-4H3,(H,51,57,58)(H2,48,49,50,52). The molecule has 1 atom stereocenters. The van der Waals surface area contributed by atoms with E-state index < -0.39 is 22.0 Å². The molecule has 20 heteroatoms. The van der Waals surface area contributed by atoms with E-state index in [0.29, 0.717) is 65.1 Å². The van der Waals surface area contributed by atoms with Gasteiger partial charge in [0.15, 0.2) is 5.82 Å². The molecular weight excluding hydrogens is 862 g/mol. The summed E-state index contributed by atoms with van der Waals surface area (Å²) in [5.74, 6) is 0.751. The predicted octanol–water partition coefficient (Wildman–Crippen LogP) is 5.63. The van der Waals surface area contributed by atoms with E-state index >= 15 is 0 Å². The van der Waals surface area contributed by atoms with E-state index in [-0.39, 0.29) is 47.3 Å². The summed E-state index contributed by atoms with van der Waals surface area (Å²) in [5.41, 5.74) is 5.61. The zero-order chi connectivity index (χ0) is 45.1. The number of aryl methyl sites for hydroxylation is 1. The van der Waals surface area contributed by atoms with Crippen LogP contribution >= 0.6 is 11.6 Å². The number of sulfonamides is 1. The molecule has 2 fully saturated rings. The normalized spacial score (nSPS) is 16.8. The fraction of sp³-hybridized carbons (Fsp3) is 0.386. The molecule has 1 unspecified atom stereocenters. The van der Waals surface area contributed by atoms with Gasteiger partial charge in [0.05, 0.1) is 48.7 Å². The van der Waals surface area contributed by atoms with Crippen LogP contribution in [0.5, 0.6) is 11.5 Å². The van der Waals surface area contributed by atoms with Crippen LogP contribution in [0.15, 0.2) is 61.1 Å². The molecule has 5 heterocycles. The molecular formula is C44H50ClN11O7S. The molecule has 2 aromatic heterocycles. The van der Waals surface area contributed by atoms with Crippen LogP contribution in [0.25, 0.3) is 11.0 Å². The Kier molecular flexibility index (Phi) is 13.0. The highest BCUT2D eigenvalue weighted by Gasteiger charge is 2.40. The van der Waals surface area contributed by atoms with Gasteiger partial charge >= 0.3 is 0 Å². The number of ether oxygens (including phenoxy) is 2. The van der Waals surface area contributed by atoms with Crippen LogP contribution in [-0.4, -0.2) is 114 Å². The Hall–Kier alpha value is -6.31. The number of nitrogens with one attached hydrogen (secondary N) is 4. The van der Waals surface area contributed by atoms with Gasteiger partial charge in [-0.3, -0.25) is 39.3 Å². The lowest BCUT2D eigenvalue weighted by atomic mass is 10.00. The second-order valence-electron chi connectivity index (χ2n) is 15.8. The van der Waals surface area contributed by atoms with E-state index in [1.165, 1.54) is 18.6 Å². The number of methoxy groups -OCH3 is 1. The second kappa shape index (κ2) is 18.8. The van der Waals surface area contributed by atoms with E-state index in [4.69, 9.17) is 21.1 Å². The summed E-state index contributed by atoms with van der Waals surface area (Å²) < 4.78 is 39.4. The van der Waals surface area contributed by atoms with Crippen LogP contribution in [-0.2, 0) is 32.6 Å². The Labute approximate surface area is 376 Å². The summed E-state index contributed by atoms with van der Waals surface area (Å²) in [6.07, 6.45) is 8.71. The number of carbonyl (C=O) groups is 3. The van der Waals surface area contributed by atoms with Crippen LogP contribution in [0.2, 0.25) is 5.02 Å². The number of anilines is 6. The Morgan fingerprint density at radius 3 is 2.50 bits per heavy atom. The minimum absolute atomic E-state index is 0.204. The van der Waals surface area contributed by atoms with E-state index in [1.54, 1.807) is 36.3 Å². The van der Waals surface area contributed by atoms with Gasteiger partial charge in [-0.15, -0.1) is 0 Å². The molecule has 0 spiro atoms. The molecule has 8 rings (SSSR count). The van der Waals surface area contributed by atoms with Crippen LogP contribution < -0.4 is 35.0 Å². The van der Waals surface area contributed by atoms with Crippen molar-refractivity contribution in [2.45, 2.75) is 64.6 Å². The third-order valence-electron chi connectivity index (χ3n) is 11.9. The Bertz CT molecular complexity index is 2720. The Morgan fingerprint density at radius 1 is 0.969 bits per heavy atom. The lowest BCUT2D eigenvalue weighted by molar-refractivity contribution is -0.136. The highest BCUT2D eigenvalue weighted by molar-refractivity contribution is 7.92. The summed E-state index contributed by atoms with van der Waals surface area (Å²) >= 11 is 6.56. The third-order valence-corrected chi connectivity index (χ3v) is 12.7. The molecule has 2 saturated heterocycles. The van der Waals surface area contributed by atoms with Gasteiger partial charge < -0.3 is 29.9 Å². The maximum Gasteiger partial charge on any atom is 0.255 e. The smallest absolute Gasteiger partial charge is 0.255 e. The summed E-state index contributed by atoms with van der Waals surface area (Å²) in [7, 11) is -2.06. The number of nitrogens with zero attached hydrogens (tertiary/aromatic N) is 7. The van der Waals surface area contributed by atoms with Crippen molar-refractivity contribution in [3.8, 4) is 11.5 Å². The summed E-state index contributed by atoms with van der Waals surface area (Å²) in [4.78, 5) is 61.7. The van der Waals surface area contributed by atoms with Crippen molar-refractivity contribution in [1.29, 1.82) is 0 Å². The molecule has 3 amide bonds. The first-order valence-electron chi connectivity index (χ1n) is 21.2. The first-order valence-corrected chi connectivity index (χ1v) is 23.5. The van der Waals surface area contributed by atoms with Gasteiger partial charge in [0.2, 0.25) is 27.8 Å². The molecule has 3 aliphatic heterocycles. The first-order chi connectivity index (χ1) is 30.8. The quantitative estimate of drug-likeness (QED) is 0.0883. The van der Waals surface area contributed by atoms with Crippen LogP contribution in [0.4, 0.5) is 34.5 Å². The van der Waals surface area contributed by atoms with Crippen molar-refractivity contribution < 1.29 is 32.3 Å². The number of likely N-dealkylation sites (N-methyl/N-ethyl adjacent to an activating group) is 1. The van der Waals surface area contributed by atoms with Gasteiger partial charge in [0.1, 0.15) is 34.7 Å². The topological polar surface area (TPSA) is 213 Å². The summed E-state index contributed by atoms with van der Waals surface area (Å²) in [5, 5.41) is 9.01. The summed E-state index contributed by atoms with van der Waals surface area (Å²) in [6.45, 7) is 8.24. The van der Waals surface area contributed by atoms with Gasteiger partial charge in [0.25, 0.3) is 5.91 Å². The molecule has 3 aromatic carbocycles. The van der Waals surface area contributed by atoms with Gasteiger partial charge in [-0.1, -0.05) is 31.5 Å². The number of halogens is 1. The third kappa shape index (κ3) is 9.46. The van der Waals surface area contributed by atoms with Crippen molar-refractivity contribution in [2.75, 3.05) is 66.4 Å². The molecule has 18 nitrogen and oxygen atoms in total. The largest absolute Gasteiger partial charge is 0.494 e. The highest BCUT2D eigenvalue weighted by atomic mass is 35.5. The number of imide groups is 1. The first kappa shape index (κ1) is 44.3. The van der Waals surface area contributed by atoms with E-state index in [1.807, 2.05) is 12.1 Å². The monoisotopic (exact) mass is 911 g/mol. The van der Waals surface area contributed by atoms with Gasteiger partial charge in [-0.25, -0.2) is 13.4 Å². The number of benzene rings is 3. The van der Waals surface area contributed by atoms with Crippen LogP contribution in [0.3, 0.4) is 0 Å².